The van der Waals surface area contributed by atoms with Gasteiger partial charge in [-0.3, -0.25) is 4.90 Å². The van der Waals surface area contributed by atoms with Crippen molar-refractivity contribution < 1.29 is 5.11 Å². The first kappa shape index (κ1) is 16.5. The number of aliphatic hydroxyl groups excluding tert-OH is 1. The average molecular weight is 290 g/mol. The summed E-state index contributed by atoms with van der Waals surface area (Å²) in [4.78, 5) is 2.63. The van der Waals surface area contributed by atoms with Crippen LogP contribution in [0.25, 0.3) is 0 Å². The first-order chi connectivity index (χ1) is 10.2. The standard InChI is InChI=1S/C18H30N2O/c1-4-17-11-10-15(2)20(17)13-12-18(14-21,19-3)16-8-6-5-7-9-16/h5-9,15,17,19,21H,4,10-14H2,1-3H3. The van der Waals surface area contributed by atoms with Gasteiger partial charge in [0.25, 0.3) is 0 Å². The minimum absolute atomic E-state index is 0.131. The summed E-state index contributed by atoms with van der Waals surface area (Å²) in [6, 6.07) is 11.7. The molecule has 21 heavy (non-hydrogen) atoms. The van der Waals surface area contributed by atoms with Crippen LogP contribution in [0.4, 0.5) is 0 Å². The molecule has 1 fully saturated rings. The molecule has 2 rings (SSSR count). The number of rotatable bonds is 7. The normalized spacial score (nSPS) is 25.9. The molecule has 118 valence electrons. The lowest BCUT2D eigenvalue weighted by Gasteiger charge is -2.36. The van der Waals surface area contributed by atoms with E-state index in [0.717, 1.165) is 13.0 Å². The number of nitrogens with zero attached hydrogens (tertiary/aromatic N) is 1. The third-order valence-corrected chi connectivity index (χ3v) is 5.30. The van der Waals surface area contributed by atoms with Crippen LogP contribution in [-0.4, -0.2) is 42.3 Å². The van der Waals surface area contributed by atoms with Gasteiger partial charge in [0.1, 0.15) is 0 Å². The maximum absolute atomic E-state index is 10.0. The fourth-order valence-corrected chi connectivity index (χ4v) is 3.71. The summed E-state index contributed by atoms with van der Waals surface area (Å²) in [5, 5.41) is 13.4. The second-order valence-corrected chi connectivity index (χ2v) is 6.33. The zero-order valence-electron chi connectivity index (χ0n) is 13.7. The van der Waals surface area contributed by atoms with Crippen molar-refractivity contribution in [3.63, 3.8) is 0 Å². The van der Waals surface area contributed by atoms with Crippen molar-refractivity contribution in [1.82, 2.24) is 10.2 Å². The van der Waals surface area contributed by atoms with Crippen molar-refractivity contribution in [3.05, 3.63) is 35.9 Å². The average Bonchev–Trinajstić information content (AvgIpc) is 2.90. The van der Waals surface area contributed by atoms with Crippen LogP contribution in [0.3, 0.4) is 0 Å². The Morgan fingerprint density at radius 2 is 2.00 bits per heavy atom. The highest BCUT2D eigenvalue weighted by Crippen LogP contribution is 2.30. The molecule has 0 spiro atoms. The van der Waals surface area contributed by atoms with E-state index in [1.54, 1.807) is 0 Å². The van der Waals surface area contributed by atoms with Gasteiger partial charge in [-0.05, 0) is 45.2 Å². The molecule has 1 aromatic rings. The summed E-state index contributed by atoms with van der Waals surface area (Å²) in [5.74, 6) is 0. The lowest BCUT2D eigenvalue weighted by molar-refractivity contribution is 0.121. The summed E-state index contributed by atoms with van der Waals surface area (Å²) in [5.41, 5.74) is 0.844. The Labute approximate surface area is 129 Å². The van der Waals surface area contributed by atoms with Gasteiger partial charge in [0.05, 0.1) is 12.1 Å². The van der Waals surface area contributed by atoms with Crippen molar-refractivity contribution in [2.24, 2.45) is 0 Å². The molecule has 3 atom stereocenters. The van der Waals surface area contributed by atoms with Crippen LogP contribution < -0.4 is 5.32 Å². The molecule has 0 amide bonds. The molecule has 0 aliphatic carbocycles. The Balaban J connectivity index is 2.10. The quantitative estimate of drug-likeness (QED) is 0.810. The molecule has 0 saturated carbocycles. The van der Waals surface area contributed by atoms with Crippen molar-refractivity contribution in [3.8, 4) is 0 Å². The Kier molecular flexibility index (Phi) is 5.80. The van der Waals surface area contributed by atoms with E-state index >= 15 is 0 Å². The molecule has 3 unspecified atom stereocenters. The third-order valence-electron chi connectivity index (χ3n) is 5.30. The molecule has 1 heterocycles. The highest BCUT2D eigenvalue weighted by molar-refractivity contribution is 5.24. The molecule has 2 N–H and O–H groups in total. The number of hydrogen-bond acceptors (Lipinski definition) is 3. The van der Waals surface area contributed by atoms with Crippen LogP contribution in [0.1, 0.15) is 45.1 Å². The van der Waals surface area contributed by atoms with Crippen molar-refractivity contribution in [2.75, 3.05) is 20.2 Å². The minimum Gasteiger partial charge on any atom is -0.394 e. The van der Waals surface area contributed by atoms with Gasteiger partial charge in [-0.15, -0.1) is 0 Å². The summed E-state index contributed by atoms with van der Waals surface area (Å²) >= 11 is 0. The maximum Gasteiger partial charge on any atom is 0.0678 e. The van der Waals surface area contributed by atoms with Gasteiger partial charge in [0.2, 0.25) is 0 Å². The first-order valence-electron chi connectivity index (χ1n) is 8.28. The van der Waals surface area contributed by atoms with E-state index in [-0.39, 0.29) is 12.1 Å². The van der Waals surface area contributed by atoms with E-state index < -0.39 is 0 Å². The number of benzene rings is 1. The highest BCUT2D eigenvalue weighted by Gasteiger charge is 2.34. The fraction of sp³-hybridized carbons (Fsp3) is 0.667. The van der Waals surface area contributed by atoms with E-state index in [4.69, 9.17) is 0 Å². The first-order valence-corrected chi connectivity index (χ1v) is 8.28. The van der Waals surface area contributed by atoms with Crippen molar-refractivity contribution >= 4 is 0 Å². The molecular weight excluding hydrogens is 260 g/mol. The molecule has 1 aliphatic heterocycles. The van der Waals surface area contributed by atoms with E-state index in [1.807, 2.05) is 25.2 Å². The lowest BCUT2D eigenvalue weighted by Crippen LogP contribution is -2.47. The monoisotopic (exact) mass is 290 g/mol. The van der Waals surface area contributed by atoms with E-state index in [1.165, 1.54) is 24.8 Å². The molecule has 1 aliphatic rings. The van der Waals surface area contributed by atoms with Crippen molar-refractivity contribution in [1.29, 1.82) is 0 Å². The maximum atomic E-state index is 10.0. The Hall–Kier alpha value is -0.900. The second-order valence-electron chi connectivity index (χ2n) is 6.33. The van der Waals surface area contributed by atoms with Gasteiger partial charge in [0.15, 0.2) is 0 Å². The molecule has 3 heteroatoms. The van der Waals surface area contributed by atoms with E-state index in [9.17, 15) is 5.11 Å². The zero-order valence-corrected chi connectivity index (χ0v) is 13.7. The van der Waals surface area contributed by atoms with E-state index in [2.05, 4.69) is 36.2 Å². The molecule has 3 nitrogen and oxygen atoms in total. The number of nitrogens with one attached hydrogen (secondary N) is 1. The Bertz CT molecular complexity index is 416. The van der Waals surface area contributed by atoms with Crippen LogP contribution in [0.15, 0.2) is 30.3 Å². The van der Waals surface area contributed by atoms with Crippen LogP contribution in [-0.2, 0) is 5.54 Å². The number of likely N-dealkylation sites (tertiary alicyclic amines) is 1. The van der Waals surface area contributed by atoms with Gasteiger partial charge in [-0.2, -0.15) is 0 Å². The predicted molar refractivity (Wildman–Crippen MR) is 88.4 cm³/mol. The molecule has 0 aromatic heterocycles. The Morgan fingerprint density at radius 3 is 2.57 bits per heavy atom. The van der Waals surface area contributed by atoms with E-state index in [0.29, 0.717) is 12.1 Å². The predicted octanol–water partition coefficient (Wildman–Crippen LogP) is 2.75. The van der Waals surface area contributed by atoms with Crippen LogP contribution in [0, 0.1) is 0 Å². The summed E-state index contributed by atoms with van der Waals surface area (Å²) in [6.45, 7) is 5.78. The number of aliphatic hydroxyl groups is 1. The number of hydrogen-bond donors (Lipinski definition) is 2. The summed E-state index contributed by atoms with van der Waals surface area (Å²) in [6.07, 6.45) is 4.77. The topological polar surface area (TPSA) is 35.5 Å². The van der Waals surface area contributed by atoms with Gasteiger partial charge >= 0.3 is 0 Å². The Morgan fingerprint density at radius 1 is 1.29 bits per heavy atom. The van der Waals surface area contributed by atoms with Crippen molar-refractivity contribution in [2.45, 2.75) is 57.2 Å². The van der Waals surface area contributed by atoms with Gasteiger partial charge in [0, 0.05) is 18.6 Å². The van der Waals surface area contributed by atoms with Crippen LogP contribution in [0.2, 0.25) is 0 Å². The largest absolute Gasteiger partial charge is 0.394 e. The number of likely N-dealkylation sites (N-methyl/N-ethyl adjacent to an activating group) is 1. The lowest BCUT2D eigenvalue weighted by atomic mass is 9.87. The fourth-order valence-electron chi connectivity index (χ4n) is 3.71. The molecule has 1 saturated heterocycles. The van der Waals surface area contributed by atoms with Gasteiger partial charge in [-0.25, -0.2) is 0 Å². The van der Waals surface area contributed by atoms with Crippen LogP contribution >= 0.6 is 0 Å². The summed E-state index contributed by atoms with van der Waals surface area (Å²) < 4.78 is 0. The highest BCUT2D eigenvalue weighted by atomic mass is 16.3. The second kappa shape index (κ2) is 7.39. The summed E-state index contributed by atoms with van der Waals surface area (Å²) in [7, 11) is 1.95. The van der Waals surface area contributed by atoms with Gasteiger partial charge in [-0.1, -0.05) is 37.3 Å². The molecule has 0 radical (unpaired) electrons. The van der Waals surface area contributed by atoms with Gasteiger partial charge < -0.3 is 10.4 Å². The smallest absolute Gasteiger partial charge is 0.0678 e. The molecule has 1 aromatic carbocycles. The zero-order chi connectivity index (χ0) is 15.3. The minimum atomic E-state index is -0.331. The third kappa shape index (κ3) is 3.47. The SMILES string of the molecule is CCC1CCC(C)N1CCC(CO)(NC)c1ccccc1. The molecule has 0 bridgehead atoms. The van der Waals surface area contributed by atoms with Crippen LogP contribution in [0.5, 0.6) is 0 Å². The molecular formula is C18H30N2O.